The van der Waals surface area contributed by atoms with Crippen molar-refractivity contribution in [3.05, 3.63) is 36.8 Å². The standard InChI is InChI=1S/C12H15ClIN3S/c1-3-4-17-12(9(13)6-16-17)11(15-2)8-5-10(14)18-7-8/h5-7,11,15H,3-4H2,1-2H3. The van der Waals surface area contributed by atoms with Crippen molar-refractivity contribution in [2.45, 2.75) is 25.9 Å². The molecule has 98 valence electrons. The van der Waals surface area contributed by atoms with Gasteiger partial charge in [-0.05, 0) is 53.1 Å². The number of nitrogens with one attached hydrogen (secondary N) is 1. The van der Waals surface area contributed by atoms with E-state index in [-0.39, 0.29) is 6.04 Å². The molecular formula is C12H15ClIN3S. The van der Waals surface area contributed by atoms with Crippen LogP contribution in [0.2, 0.25) is 5.02 Å². The summed E-state index contributed by atoms with van der Waals surface area (Å²) in [5.74, 6) is 0. The molecule has 0 amide bonds. The van der Waals surface area contributed by atoms with Crippen LogP contribution in [0.4, 0.5) is 0 Å². The number of halogens is 2. The minimum Gasteiger partial charge on any atom is -0.308 e. The number of hydrogen-bond acceptors (Lipinski definition) is 3. The molecular weight excluding hydrogens is 381 g/mol. The molecule has 2 heterocycles. The van der Waals surface area contributed by atoms with Gasteiger partial charge in [-0.15, -0.1) is 11.3 Å². The molecule has 1 atom stereocenters. The predicted octanol–water partition coefficient (Wildman–Crippen LogP) is 3.92. The first kappa shape index (κ1) is 14.3. The lowest BCUT2D eigenvalue weighted by Crippen LogP contribution is -2.21. The lowest BCUT2D eigenvalue weighted by atomic mass is 10.1. The van der Waals surface area contributed by atoms with E-state index in [1.54, 1.807) is 17.5 Å². The van der Waals surface area contributed by atoms with Crippen LogP contribution in [0.1, 0.15) is 30.6 Å². The van der Waals surface area contributed by atoms with Crippen LogP contribution < -0.4 is 5.32 Å². The van der Waals surface area contributed by atoms with Gasteiger partial charge in [0.1, 0.15) is 0 Å². The fourth-order valence-corrected chi connectivity index (χ4v) is 3.63. The molecule has 2 aromatic heterocycles. The molecule has 18 heavy (non-hydrogen) atoms. The molecule has 0 saturated heterocycles. The third-order valence-electron chi connectivity index (χ3n) is 2.75. The Morgan fingerprint density at radius 1 is 1.61 bits per heavy atom. The Bertz CT molecular complexity index is 523. The van der Waals surface area contributed by atoms with Crippen LogP contribution in [-0.2, 0) is 6.54 Å². The zero-order chi connectivity index (χ0) is 13.1. The first-order valence-electron chi connectivity index (χ1n) is 5.79. The van der Waals surface area contributed by atoms with Crippen LogP contribution in [0.5, 0.6) is 0 Å². The second kappa shape index (κ2) is 6.36. The summed E-state index contributed by atoms with van der Waals surface area (Å²) in [7, 11) is 1.95. The van der Waals surface area contributed by atoms with Crippen molar-refractivity contribution in [1.29, 1.82) is 0 Å². The Labute approximate surface area is 130 Å². The van der Waals surface area contributed by atoms with Crippen LogP contribution in [-0.4, -0.2) is 16.8 Å². The molecule has 0 aliphatic carbocycles. The molecule has 0 aliphatic heterocycles. The van der Waals surface area contributed by atoms with Gasteiger partial charge in [0.25, 0.3) is 0 Å². The lowest BCUT2D eigenvalue weighted by Gasteiger charge is -2.17. The Morgan fingerprint density at radius 2 is 2.39 bits per heavy atom. The summed E-state index contributed by atoms with van der Waals surface area (Å²) in [5.41, 5.74) is 2.29. The van der Waals surface area contributed by atoms with Gasteiger partial charge in [0.2, 0.25) is 0 Å². The van der Waals surface area contributed by atoms with Crippen molar-refractivity contribution in [2.75, 3.05) is 7.05 Å². The molecule has 3 nitrogen and oxygen atoms in total. The van der Waals surface area contributed by atoms with Gasteiger partial charge >= 0.3 is 0 Å². The molecule has 0 aliphatic rings. The second-order valence-corrected chi connectivity index (χ2v) is 7.22. The van der Waals surface area contributed by atoms with Crippen LogP contribution >= 0.6 is 45.5 Å². The highest BCUT2D eigenvalue weighted by molar-refractivity contribution is 14.1. The van der Waals surface area contributed by atoms with Gasteiger partial charge in [-0.2, -0.15) is 5.10 Å². The fourth-order valence-electron chi connectivity index (χ4n) is 1.98. The maximum Gasteiger partial charge on any atom is 0.0837 e. The summed E-state index contributed by atoms with van der Waals surface area (Å²) in [5, 5.41) is 10.6. The number of aromatic nitrogens is 2. The van der Waals surface area contributed by atoms with Gasteiger partial charge in [0.15, 0.2) is 0 Å². The SMILES string of the molecule is CCCn1ncc(Cl)c1C(NC)c1csc(I)c1. The van der Waals surface area contributed by atoms with E-state index < -0.39 is 0 Å². The monoisotopic (exact) mass is 395 g/mol. The fraction of sp³-hybridized carbons (Fsp3) is 0.417. The molecule has 2 rings (SSSR count). The van der Waals surface area contributed by atoms with Gasteiger partial charge < -0.3 is 5.32 Å². The van der Waals surface area contributed by atoms with Gasteiger partial charge in [0, 0.05) is 6.54 Å². The minimum atomic E-state index is 0.103. The molecule has 0 spiro atoms. The number of thiophene rings is 1. The second-order valence-electron chi connectivity index (χ2n) is 4.01. The third-order valence-corrected chi connectivity index (χ3v) is 4.85. The van der Waals surface area contributed by atoms with Crippen LogP contribution in [0.15, 0.2) is 17.6 Å². The van der Waals surface area contributed by atoms with Crippen molar-refractivity contribution >= 4 is 45.5 Å². The number of rotatable bonds is 5. The summed E-state index contributed by atoms with van der Waals surface area (Å²) in [6.45, 7) is 3.03. The van der Waals surface area contributed by atoms with Gasteiger partial charge in [-0.1, -0.05) is 18.5 Å². The Morgan fingerprint density at radius 3 is 2.94 bits per heavy atom. The molecule has 2 aromatic rings. The van der Waals surface area contributed by atoms with E-state index >= 15 is 0 Å². The Kier molecular flexibility index (Phi) is 5.06. The quantitative estimate of drug-likeness (QED) is 0.778. The molecule has 0 radical (unpaired) electrons. The zero-order valence-corrected chi connectivity index (χ0v) is 14.0. The van der Waals surface area contributed by atoms with E-state index in [4.69, 9.17) is 11.6 Å². The number of hydrogen-bond donors (Lipinski definition) is 1. The first-order chi connectivity index (χ1) is 8.67. The normalized spacial score (nSPS) is 12.9. The topological polar surface area (TPSA) is 29.9 Å². The minimum absolute atomic E-state index is 0.103. The van der Waals surface area contributed by atoms with E-state index in [1.165, 1.54) is 8.45 Å². The van der Waals surface area contributed by atoms with Crippen LogP contribution in [0.3, 0.4) is 0 Å². The van der Waals surface area contributed by atoms with Gasteiger partial charge in [0.05, 0.1) is 25.8 Å². The average Bonchev–Trinajstić information content (AvgIpc) is 2.91. The maximum atomic E-state index is 6.29. The van der Waals surface area contributed by atoms with E-state index in [2.05, 4.69) is 51.4 Å². The van der Waals surface area contributed by atoms with Gasteiger partial charge in [-0.3, -0.25) is 4.68 Å². The van der Waals surface area contributed by atoms with E-state index in [0.29, 0.717) is 0 Å². The highest BCUT2D eigenvalue weighted by atomic mass is 127. The molecule has 0 bridgehead atoms. The largest absolute Gasteiger partial charge is 0.308 e. The Hall–Kier alpha value is -0.110. The maximum absolute atomic E-state index is 6.29. The lowest BCUT2D eigenvalue weighted by molar-refractivity contribution is 0.535. The van der Waals surface area contributed by atoms with Crippen LogP contribution in [0.25, 0.3) is 0 Å². The average molecular weight is 396 g/mol. The molecule has 1 unspecified atom stereocenters. The molecule has 6 heteroatoms. The summed E-state index contributed by atoms with van der Waals surface area (Å²) in [6, 6.07) is 2.29. The summed E-state index contributed by atoms with van der Waals surface area (Å²) >= 11 is 10.4. The zero-order valence-electron chi connectivity index (χ0n) is 10.3. The summed E-state index contributed by atoms with van der Waals surface area (Å²) in [4.78, 5) is 0. The highest BCUT2D eigenvalue weighted by Crippen LogP contribution is 2.31. The van der Waals surface area contributed by atoms with Crippen molar-refractivity contribution in [2.24, 2.45) is 0 Å². The predicted molar refractivity (Wildman–Crippen MR) is 85.5 cm³/mol. The number of nitrogens with zero attached hydrogens (tertiary/aromatic N) is 2. The van der Waals surface area contributed by atoms with Crippen molar-refractivity contribution in [3.63, 3.8) is 0 Å². The molecule has 0 aromatic carbocycles. The Balaban J connectivity index is 2.41. The van der Waals surface area contributed by atoms with E-state index in [9.17, 15) is 0 Å². The van der Waals surface area contributed by atoms with Crippen molar-refractivity contribution in [1.82, 2.24) is 15.1 Å². The van der Waals surface area contributed by atoms with E-state index in [1.807, 2.05) is 11.7 Å². The van der Waals surface area contributed by atoms with Crippen molar-refractivity contribution < 1.29 is 0 Å². The highest BCUT2D eigenvalue weighted by Gasteiger charge is 2.21. The van der Waals surface area contributed by atoms with Crippen LogP contribution in [0, 0.1) is 2.88 Å². The smallest absolute Gasteiger partial charge is 0.0837 e. The summed E-state index contributed by atoms with van der Waals surface area (Å²) < 4.78 is 3.27. The molecule has 0 saturated carbocycles. The molecule has 0 fully saturated rings. The first-order valence-corrected chi connectivity index (χ1v) is 8.13. The van der Waals surface area contributed by atoms with Gasteiger partial charge in [-0.25, -0.2) is 0 Å². The number of aryl methyl sites for hydroxylation is 1. The van der Waals surface area contributed by atoms with E-state index in [0.717, 1.165) is 23.7 Å². The third kappa shape index (κ3) is 2.89. The summed E-state index contributed by atoms with van der Waals surface area (Å²) in [6.07, 6.45) is 2.77. The van der Waals surface area contributed by atoms with Crippen molar-refractivity contribution in [3.8, 4) is 0 Å². The molecule has 1 N–H and O–H groups in total.